The number of piperidine rings is 1. The molecule has 1 aromatic carbocycles. The van der Waals surface area contributed by atoms with Gasteiger partial charge in [0.25, 0.3) is 0 Å². The van der Waals surface area contributed by atoms with Crippen LogP contribution in [0.5, 0.6) is 5.75 Å². The molecule has 142 valence electrons. The SMILES string of the molecule is C=C(C)COc1ccccc1NC(=O)N[C@H]1CCCN(c2cnccn2)C1. The lowest BCUT2D eigenvalue weighted by molar-refractivity contribution is 0.246. The van der Waals surface area contributed by atoms with Gasteiger partial charge in [-0.15, -0.1) is 0 Å². The van der Waals surface area contributed by atoms with Crippen LogP contribution in [0, 0.1) is 0 Å². The van der Waals surface area contributed by atoms with E-state index in [1.807, 2.05) is 31.2 Å². The van der Waals surface area contributed by atoms with Crippen LogP contribution in [0.1, 0.15) is 19.8 Å². The number of nitrogens with one attached hydrogen (secondary N) is 2. The van der Waals surface area contributed by atoms with E-state index in [2.05, 4.69) is 32.1 Å². The van der Waals surface area contributed by atoms with Crippen LogP contribution in [0.3, 0.4) is 0 Å². The molecule has 1 aliphatic rings. The molecule has 0 bridgehead atoms. The Labute approximate surface area is 159 Å². The summed E-state index contributed by atoms with van der Waals surface area (Å²) in [6.45, 7) is 7.76. The third kappa shape index (κ3) is 5.44. The Bertz CT molecular complexity index is 781. The molecule has 2 N–H and O–H groups in total. The van der Waals surface area contributed by atoms with E-state index in [1.54, 1.807) is 18.6 Å². The zero-order valence-electron chi connectivity index (χ0n) is 15.5. The number of benzene rings is 1. The van der Waals surface area contributed by atoms with Crippen molar-refractivity contribution in [3.63, 3.8) is 0 Å². The van der Waals surface area contributed by atoms with E-state index in [0.717, 1.165) is 30.8 Å². The number of nitrogens with zero attached hydrogens (tertiary/aromatic N) is 3. The molecular weight excluding hydrogens is 342 g/mol. The van der Waals surface area contributed by atoms with Crippen molar-refractivity contribution in [2.24, 2.45) is 0 Å². The fraction of sp³-hybridized carbons (Fsp3) is 0.350. The van der Waals surface area contributed by atoms with Crippen LogP contribution in [-0.4, -0.2) is 41.7 Å². The molecule has 1 saturated heterocycles. The summed E-state index contributed by atoms with van der Waals surface area (Å²) in [5.41, 5.74) is 1.55. The summed E-state index contributed by atoms with van der Waals surface area (Å²) in [4.78, 5) is 23.1. The highest BCUT2D eigenvalue weighted by Gasteiger charge is 2.22. The van der Waals surface area contributed by atoms with E-state index in [1.165, 1.54) is 0 Å². The summed E-state index contributed by atoms with van der Waals surface area (Å²) in [5, 5.41) is 5.93. The summed E-state index contributed by atoms with van der Waals surface area (Å²) in [7, 11) is 0. The topological polar surface area (TPSA) is 79.4 Å². The highest BCUT2D eigenvalue weighted by atomic mass is 16.5. The number of ether oxygens (including phenoxy) is 1. The van der Waals surface area contributed by atoms with Gasteiger partial charge in [-0.05, 0) is 37.5 Å². The second-order valence-corrected chi connectivity index (χ2v) is 6.69. The Hall–Kier alpha value is -3.09. The van der Waals surface area contributed by atoms with Gasteiger partial charge in [0, 0.05) is 31.5 Å². The molecule has 1 aromatic heterocycles. The molecule has 1 aliphatic heterocycles. The highest BCUT2D eigenvalue weighted by Crippen LogP contribution is 2.24. The third-order valence-corrected chi connectivity index (χ3v) is 4.24. The van der Waals surface area contributed by atoms with Crippen molar-refractivity contribution in [1.29, 1.82) is 0 Å². The molecule has 0 radical (unpaired) electrons. The Morgan fingerprint density at radius 2 is 2.22 bits per heavy atom. The van der Waals surface area contributed by atoms with Crippen LogP contribution in [0.4, 0.5) is 16.3 Å². The first kappa shape index (κ1) is 18.7. The van der Waals surface area contributed by atoms with Crippen LogP contribution < -0.4 is 20.3 Å². The second kappa shape index (κ2) is 9.02. The van der Waals surface area contributed by atoms with Crippen LogP contribution in [0.2, 0.25) is 0 Å². The molecular formula is C20H25N5O2. The van der Waals surface area contributed by atoms with Crippen molar-refractivity contribution in [2.75, 3.05) is 29.9 Å². The number of hydrogen-bond acceptors (Lipinski definition) is 5. The van der Waals surface area contributed by atoms with E-state index < -0.39 is 0 Å². The minimum Gasteiger partial charge on any atom is -0.487 e. The summed E-state index contributed by atoms with van der Waals surface area (Å²) in [6, 6.07) is 7.18. The molecule has 2 heterocycles. The monoisotopic (exact) mass is 367 g/mol. The normalized spacial score (nSPS) is 16.5. The predicted octanol–water partition coefficient (Wildman–Crippen LogP) is 3.22. The molecule has 0 aliphatic carbocycles. The quantitative estimate of drug-likeness (QED) is 0.767. The lowest BCUT2D eigenvalue weighted by Crippen LogP contribution is -2.49. The van der Waals surface area contributed by atoms with Gasteiger partial charge in [0.15, 0.2) is 0 Å². The highest BCUT2D eigenvalue weighted by molar-refractivity contribution is 5.91. The maximum atomic E-state index is 12.5. The van der Waals surface area contributed by atoms with E-state index >= 15 is 0 Å². The van der Waals surface area contributed by atoms with Gasteiger partial charge in [-0.25, -0.2) is 9.78 Å². The van der Waals surface area contributed by atoms with E-state index in [0.29, 0.717) is 24.6 Å². The summed E-state index contributed by atoms with van der Waals surface area (Å²) < 4.78 is 5.70. The first-order chi connectivity index (χ1) is 13.1. The molecule has 2 amide bonds. The number of carbonyl (C=O) groups excluding carboxylic acids is 1. The van der Waals surface area contributed by atoms with Crippen LogP contribution >= 0.6 is 0 Å². The van der Waals surface area contributed by atoms with Gasteiger partial charge < -0.3 is 20.3 Å². The number of amides is 2. The molecule has 1 fully saturated rings. The molecule has 3 rings (SSSR count). The number of anilines is 2. The van der Waals surface area contributed by atoms with Crippen molar-refractivity contribution in [2.45, 2.75) is 25.8 Å². The molecule has 0 unspecified atom stereocenters. The summed E-state index contributed by atoms with van der Waals surface area (Å²) >= 11 is 0. The Morgan fingerprint density at radius 3 is 3.00 bits per heavy atom. The second-order valence-electron chi connectivity index (χ2n) is 6.69. The van der Waals surface area contributed by atoms with Gasteiger partial charge in [0.1, 0.15) is 18.2 Å². The fourth-order valence-electron chi connectivity index (χ4n) is 3.00. The van der Waals surface area contributed by atoms with Crippen molar-refractivity contribution in [1.82, 2.24) is 15.3 Å². The van der Waals surface area contributed by atoms with Gasteiger partial charge in [-0.2, -0.15) is 0 Å². The largest absolute Gasteiger partial charge is 0.487 e. The minimum atomic E-state index is -0.243. The number of rotatable bonds is 6. The zero-order valence-corrected chi connectivity index (χ0v) is 15.5. The molecule has 7 nitrogen and oxygen atoms in total. The van der Waals surface area contributed by atoms with Crippen molar-refractivity contribution in [3.8, 4) is 5.75 Å². The average molecular weight is 367 g/mol. The molecule has 1 atom stereocenters. The van der Waals surface area contributed by atoms with Gasteiger partial charge in [-0.3, -0.25) is 4.98 Å². The minimum absolute atomic E-state index is 0.0456. The molecule has 0 spiro atoms. The first-order valence-corrected chi connectivity index (χ1v) is 9.06. The van der Waals surface area contributed by atoms with Crippen molar-refractivity contribution >= 4 is 17.5 Å². The summed E-state index contributed by atoms with van der Waals surface area (Å²) in [5.74, 6) is 1.46. The lowest BCUT2D eigenvalue weighted by atomic mass is 10.1. The lowest BCUT2D eigenvalue weighted by Gasteiger charge is -2.33. The maximum absolute atomic E-state index is 12.5. The number of hydrogen-bond donors (Lipinski definition) is 2. The number of aromatic nitrogens is 2. The Morgan fingerprint density at radius 1 is 1.37 bits per heavy atom. The first-order valence-electron chi connectivity index (χ1n) is 9.06. The number of para-hydroxylation sites is 2. The van der Waals surface area contributed by atoms with Gasteiger partial charge in [0.05, 0.1) is 11.9 Å². The summed E-state index contributed by atoms with van der Waals surface area (Å²) in [6.07, 6.45) is 7.00. The standard InChI is InChI=1S/C20H25N5O2/c1-15(2)14-27-18-8-4-3-7-17(18)24-20(26)23-16-6-5-11-25(13-16)19-12-21-9-10-22-19/h3-4,7-10,12,16H,1,5-6,11,13-14H2,2H3,(H2,23,24,26)/t16-/m0/s1. The third-order valence-electron chi connectivity index (χ3n) is 4.24. The molecule has 7 heteroatoms. The van der Waals surface area contributed by atoms with Crippen LogP contribution in [0.15, 0.2) is 55.0 Å². The van der Waals surface area contributed by atoms with Crippen LogP contribution in [-0.2, 0) is 0 Å². The van der Waals surface area contributed by atoms with Crippen molar-refractivity contribution < 1.29 is 9.53 Å². The van der Waals surface area contributed by atoms with Gasteiger partial charge in [0.2, 0.25) is 0 Å². The number of urea groups is 1. The van der Waals surface area contributed by atoms with Crippen LogP contribution in [0.25, 0.3) is 0 Å². The zero-order chi connectivity index (χ0) is 19.1. The molecule has 2 aromatic rings. The van der Waals surface area contributed by atoms with E-state index in [-0.39, 0.29) is 12.1 Å². The van der Waals surface area contributed by atoms with Crippen molar-refractivity contribution in [3.05, 3.63) is 55.0 Å². The Balaban J connectivity index is 1.57. The average Bonchev–Trinajstić information content (AvgIpc) is 2.68. The van der Waals surface area contributed by atoms with E-state index in [4.69, 9.17) is 4.74 Å². The molecule has 0 saturated carbocycles. The number of carbonyl (C=O) groups is 1. The molecule has 27 heavy (non-hydrogen) atoms. The van der Waals surface area contributed by atoms with E-state index in [9.17, 15) is 4.79 Å². The fourth-order valence-corrected chi connectivity index (χ4v) is 3.00. The Kier molecular flexibility index (Phi) is 6.25. The predicted molar refractivity (Wildman–Crippen MR) is 106 cm³/mol. The smallest absolute Gasteiger partial charge is 0.319 e. The maximum Gasteiger partial charge on any atom is 0.319 e. The van der Waals surface area contributed by atoms with Gasteiger partial charge >= 0.3 is 6.03 Å². The van der Waals surface area contributed by atoms with Gasteiger partial charge in [-0.1, -0.05) is 18.7 Å².